The van der Waals surface area contributed by atoms with E-state index in [0.717, 1.165) is 16.9 Å². The quantitative estimate of drug-likeness (QED) is 0.769. The number of hydrogen-bond donors (Lipinski definition) is 1. The summed E-state index contributed by atoms with van der Waals surface area (Å²) in [5.41, 5.74) is 0. The van der Waals surface area contributed by atoms with Crippen LogP contribution in [-0.2, 0) is 0 Å². The summed E-state index contributed by atoms with van der Waals surface area (Å²) < 4.78 is 0. The van der Waals surface area contributed by atoms with Crippen LogP contribution in [0.4, 0.5) is 5.13 Å². The summed E-state index contributed by atoms with van der Waals surface area (Å²) in [6.45, 7) is 1.11. The molecule has 1 aromatic heterocycles. The molecular formula is C8H10N2OS2. The molecule has 3 nitrogen and oxygen atoms in total. The number of nitrogens with zero attached hydrogens (tertiary/aromatic N) is 2. The summed E-state index contributed by atoms with van der Waals surface area (Å²) >= 11 is 3.61. The lowest BCUT2D eigenvalue weighted by Gasteiger charge is -2.25. The number of aromatic nitrogens is 1. The second-order valence-electron chi connectivity index (χ2n) is 3.49. The van der Waals surface area contributed by atoms with Gasteiger partial charge in [-0.2, -0.15) is 16.7 Å². The number of aromatic hydroxyl groups is 1. The van der Waals surface area contributed by atoms with Crippen molar-refractivity contribution < 1.29 is 5.11 Å². The molecule has 2 saturated heterocycles. The highest BCUT2D eigenvalue weighted by Crippen LogP contribution is 2.41. The number of fused-ring (bicyclic) bond motifs is 2. The zero-order valence-electron chi connectivity index (χ0n) is 7.01. The number of thiazole rings is 1. The molecule has 2 aliphatic heterocycles. The van der Waals surface area contributed by atoms with Crippen molar-refractivity contribution in [1.82, 2.24) is 4.98 Å². The second-order valence-corrected chi connectivity index (χ2v) is 5.66. The average molecular weight is 214 g/mol. The Balaban J connectivity index is 1.87. The summed E-state index contributed by atoms with van der Waals surface area (Å²) in [6.07, 6.45) is 1.30. The third-order valence-corrected chi connectivity index (χ3v) is 4.88. The van der Waals surface area contributed by atoms with Crippen molar-refractivity contribution in [3.05, 3.63) is 5.38 Å². The lowest BCUT2D eigenvalue weighted by molar-refractivity contribution is 0.457. The molecule has 0 radical (unpaired) electrons. The van der Waals surface area contributed by atoms with Crippen molar-refractivity contribution in [3.8, 4) is 5.88 Å². The van der Waals surface area contributed by atoms with E-state index in [9.17, 15) is 0 Å². The maximum absolute atomic E-state index is 9.15. The molecule has 0 aliphatic carbocycles. The van der Waals surface area contributed by atoms with Crippen LogP contribution < -0.4 is 4.90 Å². The van der Waals surface area contributed by atoms with Gasteiger partial charge in [-0.15, -0.1) is 11.3 Å². The number of rotatable bonds is 1. The molecule has 0 amide bonds. The first kappa shape index (κ1) is 7.94. The van der Waals surface area contributed by atoms with Crippen LogP contribution in [0.25, 0.3) is 0 Å². The maximum Gasteiger partial charge on any atom is 0.223 e. The summed E-state index contributed by atoms with van der Waals surface area (Å²) in [7, 11) is 0. The van der Waals surface area contributed by atoms with E-state index in [0.29, 0.717) is 6.04 Å². The van der Waals surface area contributed by atoms with Gasteiger partial charge in [-0.3, -0.25) is 0 Å². The molecule has 2 atom stereocenters. The van der Waals surface area contributed by atoms with Crippen molar-refractivity contribution in [2.45, 2.75) is 17.7 Å². The maximum atomic E-state index is 9.15. The Morgan fingerprint density at radius 2 is 2.54 bits per heavy atom. The number of anilines is 1. The van der Waals surface area contributed by atoms with Gasteiger partial charge in [0.1, 0.15) is 0 Å². The Morgan fingerprint density at radius 3 is 3.08 bits per heavy atom. The first-order valence-corrected chi connectivity index (χ1v) is 6.28. The minimum Gasteiger partial charge on any atom is -0.493 e. The topological polar surface area (TPSA) is 36.4 Å². The first-order valence-electron chi connectivity index (χ1n) is 4.35. The standard InChI is InChI=1S/C8H10N2OS2/c11-7-4-13-8(9-7)10-2-6-1-5(10)3-12-6/h4-6,11H,1-3H2. The summed E-state index contributed by atoms with van der Waals surface area (Å²) in [5, 5.41) is 12.6. The SMILES string of the molecule is Oc1csc(N2CC3CC2CS3)n1. The van der Waals surface area contributed by atoms with Gasteiger partial charge in [0, 0.05) is 23.6 Å². The highest BCUT2D eigenvalue weighted by atomic mass is 32.2. The van der Waals surface area contributed by atoms with Crippen LogP contribution in [0.5, 0.6) is 5.88 Å². The Morgan fingerprint density at radius 1 is 1.62 bits per heavy atom. The van der Waals surface area contributed by atoms with Crippen molar-refractivity contribution in [1.29, 1.82) is 0 Å². The molecule has 1 aromatic rings. The predicted molar refractivity (Wildman–Crippen MR) is 55.8 cm³/mol. The van der Waals surface area contributed by atoms with E-state index in [4.69, 9.17) is 5.11 Å². The third-order valence-electron chi connectivity index (χ3n) is 2.63. The summed E-state index contributed by atoms with van der Waals surface area (Å²) in [4.78, 5) is 6.44. The zero-order valence-corrected chi connectivity index (χ0v) is 8.64. The molecule has 2 aliphatic rings. The van der Waals surface area contributed by atoms with Crippen LogP contribution in [0.1, 0.15) is 6.42 Å². The predicted octanol–water partition coefficient (Wildman–Crippen LogP) is 1.54. The molecule has 0 saturated carbocycles. The van der Waals surface area contributed by atoms with Crippen molar-refractivity contribution in [2.75, 3.05) is 17.2 Å². The Kier molecular flexibility index (Phi) is 1.70. The molecule has 0 aromatic carbocycles. The molecular weight excluding hydrogens is 204 g/mol. The molecule has 70 valence electrons. The summed E-state index contributed by atoms with van der Waals surface area (Å²) in [5.74, 6) is 1.39. The van der Waals surface area contributed by atoms with Crippen molar-refractivity contribution >= 4 is 28.2 Å². The van der Waals surface area contributed by atoms with Crippen LogP contribution >= 0.6 is 23.1 Å². The Bertz CT molecular complexity index is 328. The third kappa shape index (κ3) is 1.21. The van der Waals surface area contributed by atoms with Crippen LogP contribution in [-0.4, -0.2) is 33.7 Å². The normalized spacial score (nSPS) is 31.5. The lowest BCUT2D eigenvalue weighted by atomic mass is 10.2. The van der Waals surface area contributed by atoms with Crippen LogP contribution in [0.3, 0.4) is 0 Å². The largest absolute Gasteiger partial charge is 0.493 e. The van der Waals surface area contributed by atoms with Gasteiger partial charge in [0.15, 0.2) is 5.13 Å². The highest BCUT2D eigenvalue weighted by molar-refractivity contribution is 8.00. The molecule has 2 unspecified atom stereocenters. The monoisotopic (exact) mass is 214 g/mol. The van der Waals surface area contributed by atoms with E-state index in [1.807, 2.05) is 0 Å². The molecule has 2 bridgehead atoms. The molecule has 3 rings (SSSR count). The second kappa shape index (κ2) is 2.78. The molecule has 3 heterocycles. The fourth-order valence-corrected chi connectivity index (χ4v) is 4.23. The summed E-state index contributed by atoms with van der Waals surface area (Å²) in [6, 6.07) is 0.667. The van der Waals surface area contributed by atoms with Crippen molar-refractivity contribution in [2.24, 2.45) is 0 Å². The lowest BCUT2D eigenvalue weighted by Crippen LogP contribution is -2.33. The van der Waals surface area contributed by atoms with E-state index >= 15 is 0 Å². The number of hydrogen-bond acceptors (Lipinski definition) is 5. The number of thioether (sulfide) groups is 1. The Labute approximate surface area is 84.8 Å². The van der Waals surface area contributed by atoms with Gasteiger partial charge in [0.05, 0.1) is 5.38 Å². The minimum absolute atomic E-state index is 0.162. The van der Waals surface area contributed by atoms with Gasteiger partial charge in [-0.1, -0.05) is 0 Å². The van der Waals surface area contributed by atoms with E-state index in [-0.39, 0.29) is 5.88 Å². The molecule has 13 heavy (non-hydrogen) atoms. The van der Waals surface area contributed by atoms with Gasteiger partial charge in [-0.05, 0) is 6.42 Å². The fourth-order valence-electron chi connectivity index (χ4n) is 2.02. The Hall–Kier alpha value is -0.420. The van der Waals surface area contributed by atoms with Gasteiger partial charge >= 0.3 is 0 Å². The van der Waals surface area contributed by atoms with E-state index in [1.165, 1.54) is 12.2 Å². The molecule has 5 heteroatoms. The molecule has 0 spiro atoms. The van der Waals surface area contributed by atoms with Crippen LogP contribution in [0.2, 0.25) is 0 Å². The van der Waals surface area contributed by atoms with Gasteiger partial charge in [-0.25, -0.2) is 0 Å². The highest BCUT2D eigenvalue weighted by Gasteiger charge is 2.39. The van der Waals surface area contributed by atoms with Crippen LogP contribution in [0, 0.1) is 0 Å². The smallest absolute Gasteiger partial charge is 0.223 e. The minimum atomic E-state index is 0.162. The molecule has 1 N–H and O–H groups in total. The van der Waals surface area contributed by atoms with E-state index in [1.54, 1.807) is 16.7 Å². The van der Waals surface area contributed by atoms with Crippen molar-refractivity contribution in [3.63, 3.8) is 0 Å². The molecule has 2 fully saturated rings. The van der Waals surface area contributed by atoms with Gasteiger partial charge < -0.3 is 10.0 Å². The van der Waals surface area contributed by atoms with Crippen LogP contribution in [0.15, 0.2) is 5.38 Å². The zero-order chi connectivity index (χ0) is 8.84. The van der Waals surface area contributed by atoms with E-state index < -0.39 is 0 Å². The van der Waals surface area contributed by atoms with Gasteiger partial charge in [0.25, 0.3) is 0 Å². The van der Waals surface area contributed by atoms with E-state index in [2.05, 4.69) is 21.6 Å². The van der Waals surface area contributed by atoms with Gasteiger partial charge in [0.2, 0.25) is 5.88 Å². The average Bonchev–Trinajstić information content (AvgIpc) is 2.77. The first-order chi connectivity index (χ1) is 6.33. The fraction of sp³-hybridized carbons (Fsp3) is 0.625.